The van der Waals surface area contributed by atoms with Gasteiger partial charge in [0.1, 0.15) is 12.1 Å². The second-order valence-electron chi connectivity index (χ2n) is 6.32. The Bertz CT molecular complexity index is 910. The zero-order valence-corrected chi connectivity index (χ0v) is 14.4. The van der Waals surface area contributed by atoms with E-state index in [1.807, 2.05) is 41.3 Å². The van der Waals surface area contributed by atoms with E-state index >= 15 is 0 Å². The highest BCUT2D eigenvalue weighted by Gasteiger charge is 2.28. The highest BCUT2D eigenvalue weighted by molar-refractivity contribution is 5.96. The third-order valence-corrected chi connectivity index (χ3v) is 4.59. The summed E-state index contributed by atoms with van der Waals surface area (Å²) in [6.45, 7) is 2.06. The summed E-state index contributed by atoms with van der Waals surface area (Å²) in [5.41, 5.74) is 2.97. The molecule has 26 heavy (non-hydrogen) atoms. The van der Waals surface area contributed by atoms with Crippen molar-refractivity contribution >= 4 is 11.6 Å². The summed E-state index contributed by atoms with van der Waals surface area (Å²) in [6, 6.07) is 15.6. The number of nitrogens with zero attached hydrogens (tertiary/aromatic N) is 5. The quantitative estimate of drug-likeness (QED) is 0.723. The van der Waals surface area contributed by atoms with Crippen LogP contribution in [0.4, 0.5) is 5.69 Å². The van der Waals surface area contributed by atoms with Gasteiger partial charge in [-0.3, -0.25) is 4.79 Å². The van der Waals surface area contributed by atoms with Crippen LogP contribution in [0.1, 0.15) is 18.9 Å². The van der Waals surface area contributed by atoms with E-state index in [-0.39, 0.29) is 18.6 Å². The molecule has 0 bridgehead atoms. The number of amides is 1. The van der Waals surface area contributed by atoms with Gasteiger partial charge in [-0.2, -0.15) is 0 Å². The molecule has 1 amide bonds. The predicted octanol–water partition coefficient (Wildman–Crippen LogP) is 2.41. The summed E-state index contributed by atoms with van der Waals surface area (Å²) in [5.74, 6) is 0.557. The van der Waals surface area contributed by atoms with Gasteiger partial charge in [-0.1, -0.05) is 24.3 Å². The normalized spacial score (nSPS) is 16.2. The average molecular weight is 349 g/mol. The molecular weight excluding hydrogens is 330 g/mol. The number of hydrogen-bond acceptors (Lipinski definition) is 5. The summed E-state index contributed by atoms with van der Waals surface area (Å²) < 4.78 is 7.29. The van der Waals surface area contributed by atoms with Gasteiger partial charge in [0.05, 0.1) is 5.69 Å². The Labute approximate surface area is 151 Å². The maximum Gasteiger partial charge on any atom is 0.265 e. The van der Waals surface area contributed by atoms with Crippen LogP contribution in [0.3, 0.4) is 0 Å². The number of aryl methyl sites for hydroxylation is 1. The maximum atomic E-state index is 12.8. The van der Waals surface area contributed by atoms with Crippen LogP contribution in [0.25, 0.3) is 5.69 Å². The summed E-state index contributed by atoms with van der Waals surface area (Å²) in [4.78, 5) is 14.7. The van der Waals surface area contributed by atoms with Crippen molar-refractivity contribution < 1.29 is 9.53 Å². The van der Waals surface area contributed by atoms with E-state index in [0.717, 1.165) is 24.2 Å². The Balaban J connectivity index is 1.49. The number of rotatable bonds is 4. The van der Waals surface area contributed by atoms with Gasteiger partial charge in [-0.25, -0.2) is 4.68 Å². The van der Waals surface area contributed by atoms with Gasteiger partial charge in [0, 0.05) is 17.8 Å². The molecule has 132 valence electrons. The zero-order chi connectivity index (χ0) is 17.9. The molecule has 0 aliphatic carbocycles. The molecule has 0 saturated heterocycles. The molecule has 1 atom stereocenters. The van der Waals surface area contributed by atoms with Crippen LogP contribution in [-0.4, -0.2) is 38.8 Å². The largest absolute Gasteiger partial charge is 0.484 e. The minimum atomic E-state index is -0.0440. The highest BCUT2D eigenvalue weighted by atomic mass is 16.5. The lowest BCUT2D eigenvalue weighted by Gasteiger charge is -2.35. The van der Waals surface area contributed by atoms with Crippen molar-refractivity contribution in [3.05, 3.63) is 60.4 Å². The third kappa shape index (κ3) is 3.15. The number of hydrogen-bond donors (Lipinski definition) is 0. The molecule has 3 aromatic rings. The fraction of sp³-hybridized carbons (Fsp3) is 0.263. The lowest BCUT2D eigenvalue weighted by atomic mass is 9.96. The molecule has 0 fully saturated rings. The number of anilines is 1. The van der Waals surface area contributed by atoms with Gasteiger partial charge in [-0.15, -0.1) is 5.10 Å². The summed E-state index contributed by atoms with van der Waals surface area (Å²) in [7, 11) is 0. The van der Waals surface area contributed by atoms with Gasteiger partial charge in [0.15, 0.2) is 6.61 Å². The Morgan fingerprint density at radius 1 is 1.23 bits per heavy atom. The van der Waals surface area contributed by atoms with E-state index < -0.39 is 0 Å². The van der Waals surface area contributed by atoms with Gasteiger partial charge >= 0.3 is 0 Å². The number of para-hydroxylation sites is 1. The van der Waals surface area contributed by atoms with Crippen LogP contribution >= 0.6 is 0 Å². The predicted molar refractivity (Wildman–Crippen MR) is 96.4 cm³/mol. The van der Waals surface area contributed by atoms with Gasteiger partial charge in [0.2, 0.25) is 0 Å². The molecule has 4 rings (SSSR count). The van der Waals surface area contributed by atoms with Crippen LogP contribution in [-0.2, 0) is 11.2 Å². The molecule has 0 saturated carbocycles. The highest BCUT2D eigenvalue weighted by Crippen LogP contribution is 2.30. The molecule has 7 nitrogen and oxygen atoms in total. The number of fused-ring (bicyclic) bond motifs is 1. The Morgan fingerprint density at radius 2 is 2.12 bits per heavy atom. The number of aromatic nitrogens is 4. The molecule has 2 heterocycles. The van der Waals surface area contributed by atoms with E-state index in [9.17, 15) is 4.79 Å². The second-order valence-corrected chi connectivity index (χ2v) is 6.32. The van der Waals surface area contributed by atoms with Crippen molar-refractivity contribution in [2.24, 2.45) is 0 Å². The van der Waals surface area contributed by atoms with Crippen molar-refractivity contribution in [2.75, 3.05) is 11.5 Å². The first-order valence-corrected chi connectivity index (χ1v) is 8.58. The minimum absolute atomic E-state index is 0.0161. The lowest BCUT2D eigenvalue weighted by molar-refractivity contribution is -0.121. The van der Waals surface area contributed by atoms with Crippen molar-refractivity contribution in [3.8, 4) is 11.4 Å². The first-order chi connectivity index (χ1) is 12.7. The van der Waals surface area contributed by atoms with Crippen LogP contribution < -0.4 is 9.64 Å². The number of ether oxygens (including phenoxy) is 1. The van der Waals surface area contributed by atoms with E-state index in [0.29, 0.717) is 5.75 Å². The van der Waals surface area contributed by atoms with E-state index in [1.165, 1.54) is 16.6 Å². The molecule has 0 spiro atoms. The molecular formula is C19H19N5O2. The van der Waals surface area contributed by atoms with Crippen molar-refractivity contribution in [1.29, 1.82) is 0 Å². The van der Waals surface area contributed by atoms with Crippen LogP contribution in [0.5, 0.6) is 5.75 Å². The summed E-state index contributed by atoms with van der Waals surface area (Å²) in [5, 5.41) is 11.1. The summed E-state index contributed by atoms with van der Waals surface area (Å²) >= 11 is 0. The van der Waals surface area contributed by atoms with Crippen molar-refractivity contribution in [3.63, 3.8) is 0 Å². The average Bonchev–Trinajstić information content (AvgIpc) is 3.21. The second kappa shape index (κ2) is 6.95. The third-order valence-electron chi connectivity index (χ3n) is 4.59. The van der Waals surface area contributed by atoms with Gasteiger partial charge in [0.25, 0.3) is 5.91 Å². The maximum absolute atomic E-state index is 12.8. The molecule has 0 N–H and O–H groups in total. The first kappa shape index (κ1) is 16.3. The Kier molecular flexibility index (Phi) is 4.35. The Morgan fingerprint density at radius 3 is 2.96 bits per heavy atom. The topological polar surface area (TPSA) is 73.1 Å². The monoisotopic (exact) mass is 349 g/mol. The first-order valence-electron chi connectivity index (χ1n) is 8.58. The molecule has 7 heteroatoms. The van der Waals surface area contributed by atoms with E-state index in [1.54, 1.807) is 6.07 Å². The fourth-order valence-electron chi connectivity index (χ4n) is 3.28. The molecule has 0 radical (unpaired) electrons. The molecule has 1 aliphatic rings. The molecule has 0 unspecified atom stereocenters. The number of benzene rings is 2. The number of carbonyl (C=O) groups excluding carboxylic acids is 1. The minimum Gasteiger partial charge on any atom is -0.484 e. The summed E-state index contributed by atoms with van der Waals surface area (Å²) in [6.07, 6.45) is 3.46. The van der Waals surface area contributed by atoms with Crippen molar-refractivity contribution in [2.45, 2.75) is 25.8 Å². The van der Waals surface area contributed by atoms with Crippen LogP contribution in [0.2, 0.25) is 0 Å². The SMILES string of the molecule is C[C@@H]1CCc2ccccc2N1C(=O)COc1cccc(-n2cnnn2)c1. The van der Waals surface area contributed by atoms with E-state index in [4.69, 9.17) is 4.74 Å². The van der Waals surface area contributed by atoms with Crippen molar-refractivity contribution in [1.82, 2.24) is 20.2 Å². The zero-order valence-electron chi connectivity index (χ0n) is 14.4. The smallest absolute Gasteiger partial charge is 0.265 e. The number of tetrazole rings is 1. The van der Waals surface area contributed by atoms with Crippen LogP contribution in [0.15, 0.2) is 54.9 Å². The molecule has 2 aromatic carbocycles. The lowest BCUT2D eigenvalue weighted by Crippen LogP contribution is -2.44. The Hall–Kier alpha value is -3.22. The number of carbonyl (C=O) groups is 1. The fourth-order valence-corrected chi connectivity index (χ4v) is 3.28. The van der Waals surface area contributed by atoms with Gasteiger partial charge in [-0.05, 0) is 54.0 Å². The van der Waals surface area contributed by atoms with Gasteiger partial charge < -0.3 is 9.64 Å². The van der Waals surface area contributed by atoms with Crippen LogP contribution in [0, 0.1) is 0 Å². The standard InChI is InChI=1S/C19H19N5O2/c1-14-9-10-15-5-2-3-8-18(15)24(14)19(25)12-26-17-7-4-6-16(11-17)23-13-20-21-22-23/h2-8,11,13-14H,9-10,12H2,1H3/t14-/m1/s1. The molecule has 1 aliphatic heterocycles. The molecule has 1 aromatic heterocycles. The van der Waals surface area contributed by atoms with E-state index in [2.05, 4.69) is 28.5 Å².